The van der Waals surface area contributed by atoms with Gasteiger partial charge in [-0.2, -0.15) is 0 Å². The second kappa shape index (κ2) is 17.0. The number of benzene rings is 8. The summed E-state index contributed by atoms with van der Waals surface area (Å²) < 4.78 is 4.80. The zero-order valence-electron chi connectivity index (χ0n) is 33.6. The Bertz CT molecular complexity index is 3040. The van der Waals surface area contributed by atoms with Gasteiger partial charge in [-0.05, 0) is 108 Å². The predicted molar refractivity (Wildman–Crippen MR) is 255 cm³/mol. The first-order chi connectivity index (χ1) is 29.3. The molecule has 0 unspecified atom stereocenters. The van der Waals surface area contributed by atoms with Gasteiger partial charge < -0.3 is 14.5 Å². The van der Waals surface area contributed by atoms with Gasteiger partial charge in [0.15, 0.2) is 0 Å². The molecule has 11 rings (SSSR count). The molecule has 3 heteroatoms. The van der Waals surface area contributed by atoms with Crippen molar-refractivity contribution in [2.45, 2.75) is 26.7 Å². The lowest BCUT2D eigenvalue weighted by molar-refractivity contribution is 1.04. The van der Waals surface area contributed by atoms with E-state index in [9.17, 15) is 0 Å². The average molecular weight is 762 g/mol. The Morgan fingerprint density at radius 2 is 0.864 bits per heavy atom. The van der Waals surface area contributed by atoms with Gasteiger partial charge in [-0.25, -0.2) is 0 Å². The summed E-state index contributed by atoms with van der Waals surface area (Å²) in [6.07, 6.45) is 11.0. The van der Waals surface area contributed by atoms with Gasteiger partial charge in [-0.3, -0.25) is 0 Å². The number of nitrogens with one attached hydrogen (secondary N) is 1. The molecule has 0 atom stereocenters. The number of allylic oxidation sites excluding steroid dienone is 4. The van der Waals surface area contributed by atoms with Crippen LogP contribution in [0.15, 0.2) is 218 Å². The van der Waals surface area contributed by atoms with Gasteiger partial charge in [0.25, 0.3) is 0 Å². The summed E-state index contributed by atoms with van der Waals surface area (Å²) in [4.78, 5) is 0. The van der Waals surface area contributed by atoms with Crippen molar-refractivity contribution in [3.05, 3.63) is 218 Å². The van der Waals surface area contributed by atoms with Gasteiger partial charge >= 0.3 is 0 Å². The maximum absolute atomic E-state index is 3.48. The molecular weight excluding hydrogens is 715 g/mol. The third-order valence-corrected chi connectivity index (χ3v) is 11.0. The largest absolute Gasteiger partial charge is 0.356 e. The van der Waals surface area contributed by atoms with Crippen molar-refractivity contribution in [3.63, 3.8) is 0 Å². The lowest BCUT2D eigenvalue weighted by Crippen LogP contribution is -1.94. The Hall–Kier alpha value is -7.36. The summed E-state index contributed by atoms with van der Waals surface area (Å²) in [7, 11) is 0. The number of aromatic nitrogens is 2. The second-order valence-electron chi connectivity index (χ2n) is 14.5. The van der Waals surface area contributed by atoms with Gasteiger partial charge in [-0.1, -0.05) is 159 Å². The fourth-order valence-electron chi connectivity index (χ4n) is 8.31. The van der Waals surface area contributed by atoms with Crippen molar-refractivity contribution in [2.24, 2.45) is 0 Å². The third-order valence-electron chi connectivity index (χ3n) is 11.0. The van der Waals surface area contributed by atoms with E-state index in [1.54, 1.807) is 0 Å². The summed E-state index contributed by atoms with van der Waals surface area (Å²) in [6, 6.07) is 69.8. The fourth-order valence-corrected chi connectivity index (χ4v) is 8.31. The number of hydrogen-bond acceptors (Lipinski definition) is 1. The summed E-state index contributed by atoms with van der Waals surface area (Å²) in [6.45, 7) is 4.00. The average Bonchev–Trinajstić information content (AvgIpc) is 3.84. The molecule has 0 aliphatic heterocycles. The summed E-state index contributed by atoms with van der Waals surface area (Å²) in [5.74, 6) is 0. The van der Waals surface area contributed by atoms with Gasteiger partial charge in [0, 0.05) is 44.3 Å². The lowest BCUT2D eigenvalue weighted by Gasteiger charge is -2.11. The highest BCUT2D eigenvalue weighted by Gasteiger charge is 2.18. The molecule has 3 nitrogen and oxygen atoms in total. The van der Waals surface area contributed by atoms with E-state index in [2.05, 4.69) is 215 Å². The van der Waals surface area contributed by atoms with Crippen LogP contribution in [0.25, 0.3) is 77.2 Å². The van der Waals surface area contributed by atoms with Crippen LogP contribution >= 0.6 is 0 Å². The molecular formula is C56H47N3. The van der Waals surface area contributed by atoms with Gasteiger partial charge in [-0.15, -0.1) is 0 Å². The van der Waals surface area contributed by atoms with Crippen LogP contribution in [0.3, 0.4) is 0 Å². The number of rotatable bonds is 6. The van der Waals surface area contributed by atoms with E-state index in [1.165, 1.54) is 84.4 Å². The number of nitrogens with zero attached hydrogens (tertiary/aromatic N) is 2. The van der Waals surface area contributed by atoms with E-state index < -0.39 is 0 Å². The van der Waals surface area contributed by atoms with Crippen LogP contribution in [0, 0.1) is 0 Å². The summed E-state index contributed by atoms with van der Waals surface area (Å²) >= 11 is 0. The quantitative estimate of drug-likeness (QED) is 0.179. The minimum atomic E-state index is 1.07. The maximum atomic E-state index is 3.48. The molecule has 0 saturated carbocycles. The molecule has 59 heavy (non-hydrogen) atoms. The standard InChI is InChI=1S/C48H33N3.C6H8.C2H6/c1-3-12-36(13-4-1)49-37-27-22-33(23-28-37)34-24-29-39(30-25-34)50-45-20-10-8-17-43(45)48-40(18-11-21-46(48)50)35-26-31-42-41-16-7-9-19-44(41)51(47(42)32-35)38-14-5-2-6-15-38;1-2-4-6-5-3-1;1-2/h1-32,49H;1-4H,5-6H2;1-2H3. The molecule has 8 aromatic carbocycles. The second-order valence-corrected chi connectivity index (χ2v) is 14.5. The highest BCUT2D eigenvalue weighted by Crippen LogP contribution is 2.41. The molecule has 0 fully saturated rings. The minimum Gasteiger partial charge on any atom is -0.356 e. The molecule has 1 N–H and O–H groups in total. The number of anilines is 2. The first kappa shape index (κ1) is 37.2. The molecule has 2 aromatic heterocycles. The SMILES string of the molecule is C1=CCCC=C1.CC.c1ccc(Nc2ccc(-c3ccc(-n4c5ccccc5c5c(-c6ccc7c8ccccc8n(-c8ccccc8)c7c6)cccc54)cc3)cc2)cc1. The molecule has 0 radical (unpaired) electrons. The van der Waals surface area contributed by atoms with Crippen LogP contribution in [0.2, 0.25) is 0 Å². The third kappa shape index (κ3) is 7.35. The van der Waals surface area contributed by atoms with E-state index in [4.69, 9.17) is 0 Å². The fraction of sp³-hybridized carbons (Fsp3) is 0.0714. The number of hydrogen-bond donors (Lipinski definition) is 1. The topological polar surface area (TPSA) is 21.9 Å². The molecule has 10 aromatic rings. The van der Waals surface area contributed by atoms with Crippen LogP contribution in [0.1, 0.15) is 26.7 Å². The Balaban J connectivity index is 0.000000511. The van der Waals surface area contributed by atoms with Gasteiger partial charge in [0.05, 0.1) is 22.1 Å². The Morgan fingerprint density at radius 1 is 0.373 bits per heavy atom. The molecule has 0 bridgehead atoms. The normalized spacial score (nSPS) is 12.0. The molecule has 2 heterocycles. The maximum Gasteiger partial charge on any atom is 0.0547 e. The molecule has 1 aliphatic rings. The molecule has 1 aliphatic carbocycles. The molecule has 0 spiro atoms. The molecule has 286 valence electrons. The van der Waals surface area contributed by atoms with E-state index >= 15 is 0 Å². The van der Waals surface area contributed by atoms with E-state index in [0.717, 1.165) is 17.1 Å². The van der Waals surface area contributed by atoms with Crippen LogP contribution in [-0.2, 0) is 0 Å². The van der Waals surface area contributed by atoms with Crippen LogP contribution in [-0.4, -0.2) is 9.13 Å². The van der Waals surface area contributed by atoms with Crippen LogP contribution in [0.4, 0.5) is 11.4 Å². The van der Waals surface area contributed by atoms with Crippen LogP contribution < -0.4 is 5.32 Å². The number of fused-ring (bicyclic) bond motifs is 6. The van der Waals surface area contributed by atoms with E-state index in [1.807, 2.05) is 32.0 Å². The number of para-hydroxylation sites is 4. The predicted octanol–water partition coefficient (Wildman–Crippen LogP) is 15.9. The molecule has 0 amide bonds. The Kier molecular flexibility index (Phi) is 10.7. The van der Waals surface area contributed by atoms with Crippen molar-refractivity contribution in [1.29, 1.82) is 0 Å². The van der Waals surface area contributed by atoms with Crippen molar-refractivity contribution < 1.29 is 0 Å². The zero-order chi connectivity index (χ0) is 40.0. The minimum absolute atomic E-state index is 1.07. The van der Waals surface area contributed by atoms with Crippen LogP contribution in [0.5, 0.6) is 0 Å². The van der Waals surface area contributed by atoms with Crippen molar-refractivity contribution in [2.75, 3.05) is 5.32 Å². The van der Waals surface area contributed by atoms with Crippen molar-refractivity contribution in [1.82, 2.24) is 9.13 Å². The van der Waals surface area contributed by atoms with E-state index in [0.29, 0.717) is 0 Å². The lowest BCUT2D eigenvalue weighted by atomic mass is 9.98. The van der Waals surface area contributed by atoms with Gasteiger partial charge in [0.2, 0.25) is 0 Å². The zero-order valence-corrected chi connectivity index (χ0v) is 33.6. The highest BCUT2D eigenvalue weighted by atomic mass is 15.0. The smallest absolute Gasteiger partial charge is 0.0547 e. The van der Waals surface area contributed by atoms with E-state index in [-0.39, 0.29) is 0 Å². The summed E-state index contributed by atoms with van der Waals surface area (Å²) in [5.41, 5.74) is 14.1. The Labute approximate surface area is 346 Å². The highest BCUT2D eigenvalue weighted by molar-refractivity contribution is 6.17. The van der Waals surface area contributed by atoms with Gasteiger partial charge in [0.1, 0.15) is 0 Å². The van der Waals surface area contributed by atoms with Crippen molar-refractivity contribution in [3.8, 4) is 33.6 Å². The molecule has 0 saturated heterocycles. The first-order valence-electron chi connectivity index (χ1n) is 20.8. The Morgan fingerprint density at radius 3 is 1.53 bits per heavy atom. The monoisotopic (exact) mass is 761 g/mol. The first-order valence-corrected chi connectivity index (χ1v) is 20.8. The summed E-state index contributed by atoms with van der Waals surface area (Å²) in [5, 5.41) is 8.52. The van der Waals surface area contributed by atoms with Crippen molar-refractivity contribution >= 4 is 55.0 Å².